The highest BCUT2D eigenvalue weighted by Crippen LogP contribution is 2.24. The minimum absolute atomic E-state index is 0.0330. The molecule has 49 heavy (non-hydrogen) atoms. The number of benzene rings is 2. The van der Waals surface area contributed by atoms with Crippen LogP contribution in [0.2, 0.25) is 0 Å². The van der Waals surface area contributed by atoms with Crippen LogP contribution in [-0.4, -0.2) is 59.5 Å². The number of anilines is 2. The Labute approximate surface area is 289 Å². The maximum atomic E-state index is 14.0. The molecule has 0 unspecified atom stereocenters. The van der Waals surface area contributed by atoms with E-state index in [0.717, 1.165) is 22.7 Å². The molecule has 2 heterocycles. The van der Waals surface area contributed by atoms with Crippen LogP contribution in [0, 0.1) is 0 Å². The predicted octanol–water partition coefficient (Wildman–Crippen LogP) is 6.59. The van der Waals surface area contributed by atoms with Crippen molar-refractivity contribution in [2.45, 2.75) is 77.3 Å². The van der Waals surface area contributed by atoms with Gasteiger partial charge < -0.3 is 14.4 Å². The van der Waals surface area contributed by atoms with Crippen LogP contribution in [-0.2, 0) is 43.9 Å². The molecule has 12 heteroatoms. The van der Waals surface area contributed by atoms with Gasteiger partial charge in [0.25, 0.3) is 0 Å². The fourth-order valence-corrected chi connectivity index (χ4v) is 6.19. The van der Waals surface area contributed by atoms with Crippen LogP contribution in [0.4, 0.5) is 16.3 Å². The van der Waals surface area contributed by atoms with Gasteiger partial charge in [0.2, 0.25) is 10.0 Å². The SMILES string of the molecule is CN(Cc1ccccc1)c1ccc(CN(Cc2cccc(N(CC(=O)OC(C)(C)C)C(=O)OC(C)(C)C)n2)S(=O)(=O)c2cccnc2)cc1. The maximum absolute atomic E-state index is 14.0. The average molecular weight is 688 g/mol. The number of rotatable bonds is 12. The normalized spacial score (nSPS) is 12.0. The number of nitrogens with zero attached hydrogens (tertiary/aromatic N) is 5. The smallest absolute Gasteiger partial charge is 0.416 e. The summed E-state index contributed by atoms with van der Waals surface area (Å²) in [6.07, 6.45) is 2.02. The number of esters is 1. The molecule has 11 nitrogen and oxygen atoms in total. The van der Waals surface area contributed by atoms with E-state index in [9.17, 15) is 18.0 Å². The van der Waals surface area contributed by atoms with Crippen molar-refractivity contribution in [3.05, 3.63) is 114 Å². The van der Waals surface area contributed by atoms with Gasteiger partial charge in [-0.2, -0.15) is 4.31 Å². The van der Waals surface area contributed by atoms with E-state index in [1.54, 1.807) is 65.8 Å². The number of ether oxygens (including phenoxy) is 2. The van der Waals surface area contributed by atoms with Crippen LogP contribution in [0.3, 0.4) is 0 Å². The molecule has 0 bridgehead atoms. The van der Waals surface area contributed by atoms with E-state index in [1.165, 1.54) is 28.3 Å². The van der Waals surface area contributed by atoms with Crippen molar-refractivity contribution in [1.29, 1.82) is 0 Å². The molecule has 2 aromatic carbocycles. The minimum Gasteiger partial charge on any atom is -0.459 e. The Morgan fingerprint density at radius 1 is 0.735 bits per heavy atom. The molecular formula is C37H45N5O6S. The number of hydrogen-bond donors (Lipinski definition) is 0. The molecular weight excluding hydrogens is 643 g/mol. The van der Waals surface area contributed by atoms with E-state index in [0.29, 0.717) is 5.69 Å². The van der Waals surface area contributed by atoms with Crippen molar-refractivity contribution in [2.75, 3.05) is 23.4 Å². The van der Waals surface area contributed by atoms with Gasteiger partial charge in [0.15, 0.2) is 0 Å². The third-order valence-corrected chi connectivity index (χ3v) is 8.77. The fourth-order valence-electron chi connectivity index (χ4n) is 4.83. The zero-order valence-electron chi connectivity index (χ0n) is 29.2. The molecule has 260 valence electrons. The highest BCUT2D eigenvalue weighted by Gasteiger charge is 2.30. The molecule has 0 fully saturated rings. The first-order chi connectivity index (χ1) is 23.0. The van der Waals surface area contributed by atoms with Gasteiger partial charge in [0.05, 0.1) is 12.2 Å². The highest BCUT2D eigenvalue weighted by atomic mass is 32.2. The number of pyridine rings is 2. The second kappa shape index (κ2) is 15.6. The molecule has 4 aromatic rings. The first kappa shape index (κ1) is 37.0. The van der Waals surface area contributed by atoms with Crippen molar-refractivity contribution in [3.8, 4) is 0 Å². The maximum Gasteiger partial charge on any atom is 0.416 e. The molecule has 0 N–H and O–H groups in total. The van der Waals surface area contributed by atoms with Crippen molar-refractivity contribution >= 4 is 33.6 Å². The lowest BCUT2D eigenvalue weighted by Gasteiger charge is -2.28. The molecule has 0 saturated heterocycles. The molecule has 0 radical (unpaired) electrons. The molecule has 0 aliphatic heterocycles. The molecule has 0 spiro atoms. The summed E-state index contributed by atoms with van der Waals surface area (Å²) in [5, 5.41) is 0. The summed E-state index contributed by atoms with van der Waals surface area (Å²) >= 11 is 0. The largest absolute Gasteiger partial charge is 0.459 e. The second-order valence-corrected chi connectivity index (χ2v) is 15.5. The van der Waals surface area contributed by atoms with Gasteiger partial charge in [-0.15, -0.1) is 0 Å². The van der Waals surface area contributed by atoms with E-state index in [-0.39, 0.29) is 23.8 Å². The van der Waals surface area contributed by atoms with Crippen LogP contribution < -0.4 is 9.80 Å². The number of carbonyl (C=O) groups is 2. The van der Waals surface area contributed by atoms with Gasteiger partial charge in [-0.1, -0.05) is 48.5 Å². The van der Waals surface area contributed by atoms with Crippen LogP contribution in [0.15, 0.2) is 102 Å². The van der Waals surface area contributed by atoms with E-state index >= 15 is 0 Å². The zero-order chi connectivity index (χ0) is 35.8. The van der Waals surface area contributed by atoms with Crippen LogP contribution in [0.1, 0.15) is 58.4 Å². The summed E-state index contributed by atoms with van der Waals surface area (Å²) < 4.78 is 40.3. The van der Waals surface area contributed by atoms with E-state index in [2.05, 4.69) is 27.0 Å². The van der Waals surface area contributed by atoms with Gasteiger partial charge in [-0.25, -0.2) is 18.2 Å². The summed E-state index contributed by atoms with van der Waals surface area (Å²) in [5.41, 5.74) is 1.65. The zero-order valence-corrected chi connectivity index (χ0v) is 30.0. The third kappa shape index (κ3) is 11.1. The molecule has 2 aromatic heterocycles. The summed E-state index contributed by atoms with van der Waals surface area (Å²) in [7, 11) is -2.03. The first-order valence-electron chi connectivity index (χ1n) is 15.9. The fraction of sp³-hybridized carbons (Fsp3) is 0.351. The third-order valence-electron chi connectivity index (χ3n) is 7.00. The molecule has 4 rings (SSSR count). The number of carbonyl (C=O) groups excluding carboxylic acids is 2. The summed E-state index contributed by atoms with van der Waals surface area (Å²) in [4.78, 5) is 38.0. The number of hydrogen-bond acceptors (Lipinski definition) is 9. The molecule has 0 atom stereocenters. The van der Waals surface area contributed by atoms with E-state index in [4.69, 9.17) is 9.47 Å². The van der Waals surface area contributed by atoms with Gasteiger partial charge in [-0.05, 0) is 89.1 Å². The lowest BCUT2D eigenvalue weighted by molar-refractivity contribution is -0.153. The van der Waals surface area contributed by atoms with Crippen LogP contribution in [0.5, 0.6) is 0 Å². The van der Waals surface area contributed by atoms with Gasteiger partial charge in [0, 0.05) is 38.2 Å². The van der Waals surface area contributed by atoms with Crippen LogP contribution >= 0.6 is 0 Å². The summed E-state index contributed by atoms with van der Waals surface area (Å²) in [5.74, 6) is -0.536. The Kier molecular flexibility index (Phi) is 11.8. The lowest BCUT2D eigenvalue weighted by atomic mass is 10.1. The Morgan fingerprint density at radius 2 is 1.39 bits per heavy atom. The minimum atomic E-state index is -4.04. The van der Waals surface area contributed by atoms with Gasteiger partial charge in [-0.3, -0.25) is 14.7 Å². The highest BCUT2D eigenvalue weighted by molar-refractivity contribution is 7.89. The second-order valence-electron chi connectivity index (χ2n) is 13.6. The monoisotopic (exact) mass is 687 g/mol. The van der Waals surface area contributed by atoms with Gasteiger partial charge >= 0.3 is 12.1 Å². The Bertz CT molecular complexity index is 1810. The van der Waals surface area contributed by atoms with Gasteiger partial charge in [0.1, 0.15) is 28.5 Å². The van der Waals surface area contributed by atoms with Crippen molar-refractivity contribution in [3.63, 3.8) is 0 Å². The molecule has 0 saturated carbocycles. The quantitative estimate of drug-likeness (QED) is 0.152. The van der Waals surface area contributed by atoms with E-state index in [1.807, 2.05) is 49.5 Å². The van der Waals surface area contributed by atoms with E-state index < -0.39 is 39.8 Å². The van der Waals surface area contributed by atoms with Crippen molar-refractivity contribution in [2.24, 2.45) is 0 Å². The number of aromatic nitrogens is 2. The molecule has 0 aliphatic carbocycles. The first-order valence-corrected chi connectivity index (χ1v) is 17.4. The number of sulfonamides is 1. The lowest BCUT2D eigenvalue weighted by Crippen LogP contribution is -2.42. The molecule has 1 amide bonds. The topological polar surface area (TPSA) is 122 Å². The Hall–Kier alpha value is -4.81. The summed E-state index contributed by atoms with van der Waals surface area (Å²) in [6.45, 7) is 10.5. The van der Waals surface area contributed by atoms with Crippen LogP contribution in [0.25, 0.3) is 0 Å². The predicted molar refractivity (Wildman–Crippen MR) is 189 cm³/mol. The van der Waals surface area contributed by atoms with Crippen molar-refractivity contribution < 1.29 is 27.5 Å². The summed E-state index contributed by atoms with van der Waals surface area (Å²) in [6, 6.07) is 25.8. The Balaban J connectivity index is 1.63. The molecule has 0 aliphatic rings. The average Bonchev–Trinajstić information content (AvgIpc) is 3.03. The van der Waals surface area contributed by atoms with Crippen molar-refractivity contribution in [1.82, 2.24) is 14.3 Å². The Morgan fingerprint density at radius 3 is 2.00 bits per heavy atom. The standard InChI is InChI=1S/C37H45N5O6S/c1-36(2,3)47-34(43)27-42(35(44)48-37(4,5)6)33-17-11-15-30(39-33)26-41(49(45,46)32-16-12-22-38-23-32)25-29-18-20-31(21-19-29)40(7)24-28-13-9-8-10-14-28/h8-23H,24-27H2,1-7H3. The number of amides is 1.